The number of rotatable bonds is 4. The fourth-order valence-electron chi connectivity index (χ4n) is 1.50. The summed E-state index contributed by atoms with van der Waals surface area (Å²) in [4.78, 5) is 0. The predicted molar refractivity (Wildman–Crippen MR) is 48.1 cm³/mol. The largest absolute Gasteiger partial charge is 0.395 e. The van der Waals surface area contributed by atoms with E-state index in [1.807, 2.05) is 0 Å². The van der Waals surface area contributed by atoms with Gasteiger partial charge in [-0.15, -0.1) is 0 Å². The van der Waals surface area contributed by atoms with Crippen molar-refractivity contribution < 1.29 is 9.84 Å². The molecule has 0 amide bonds. The van der Waals surface area contributed by atoms with Crippen LogP contribution in [0.1, 0.15) is 26.2 Å². The summed E-state index contributed by atoms with van der Waals surface area (Å²) in [6, 6.07) is 0.823. The quantitative estimate of drug-likeness (QED) is 0.651. The van der Waals surface area contributed by atoms with Crippen molar-refractivity contribution in [3.63, 3.8) is 0 Å². The second-order valence-corrected chi connectivity index (χ2v) is 3.34. The first-order chi connectivity index (χ1) is 5.86. The molecule has 2 N–H and O–H groups in total. The van der Waals surface area contributed by atoms with E-state index in [4.69, 9.17) is 9.84 Å². The van der Waals surface area contributed by atoms with Crippen molar-refractivity contribution >= 4 is 0 Å². The molecule has 1 unspecified atom stereocenters. The highest BCUT2D eigenvalue weighted by Crippen LogP contribution is 2.07. The molecule has 0 bridgehead atoms. The molecule has 0 aromatic heterocycles. The Morgan fingerprint density at radius 3 is 2.67 bits per heavy atom. The van der Waals surface area contributed by atoms with E-state index in [-0.39, 0.29) is 12.6 Å². The number of hydrogen-bond donors (Lipinski definition) is 2. The van der Waals surface area contributed by atoms with E-state index in [9.17, 15) is 0 Å². The summed E-state index contributed by atoms with van der Waals surface area (Å²) in [5, 5.41) is 12.4. The second-order valence-electron chi connectivity index (χ2n) is 3.34. The van der Waals surface area contributed by atoms with Gasteiger partial charge in [0.05, 0.1) is 6.61 Å². The number of hydrogen-bond acceptors (Lipinski definition) is 3. The highest BCUT2D eigenvalue weighted by molar-refractivity contribution is 4.74. The van der Waals surface area contributed by atoms with Gasteiger partial charge in [0.2, 0.25) is 0 Å². The van der Waals surface area contributed by atoms with Crippen molar-refractivity contribution in [2.75, 3.05) is 19.8 Å². The van der Waals surface area contributed by atoms with E-state index in [1.165, 1.54) is 0 Å². The highest BCUT2D eigenvalue weighted by atomic mass is 16.5. The topological polar surface area (TPSA) is 41.5 Å². The van der Waals surface area contributed by atoms with Crippen LogP contribution in [0.4, 0.5) is 0 Å². The van der Waals surface area contributed by atoms with Gasteiger partial charge in [0.15, 0.2) is 0 Å². The lowest BCUT2D eigenvalue weighted by Crippen LogP contribution is -2.43. The van der Waals surface area contributed by atoms with Crippen molar-refractivity contribution in [1.82, 2.24) is 5.32 Å². The van der Waals surface area contributed by atoms with Gasteiger partial charge in [-0.3, -0.25) is 0 Å². The number of nitrogens with one attached hydrogen (secondary N) is 1. The molecule has 0 aromatic rings. The molecule has 0 aromatic carbocycles. The molecular formula is C9H19NO2. The summed E-state index contributed by atoms with van der Waals surface area (Å²) in [6.45, 7) is 4.06. The number of ether oxygens (including phenoxy) is 1. The fourth-order valence-corrected chi connectivity index (χ4v) is 1.50. The van der Waals surface area contributed by atoms with Gasteiger partial charge in [0, 0.05) is 25.3 Å². The second kappa shape index (κ2) is 5.51. The van der Waals surface area contributed by atoms with Crippen molar-refractivity contribution in [3.8, 4) is 0 Å². The molecule has 0 spiro atoms. The molecule has 3 nitrogen and oxygen atoms in total. The minimum absolute atomic E-state index is 0.244. The van der Waals surface area contributed by atoms with Crippen LogP contribution in [0.25, 0.3) is 0 Å². The van der Waals surface area contributed by atoms with Crippen LogP contribution in [0, 0.1) is 0 Å². The molecule has 1 saturated heterocycles. The Balaban J connectivity index is 2.18. The van der Waals surface area contributed by atoms with Crippen LogP contribution >= 0.6 is 0 Å². The lowest BCUT2D eigenvalue weighted by atomic mass is 10.1. The van der Waals surface area contributed by atoms with Crippen molar-refractivity contribution in [3.05, 3.63) is 0 Å². The molecule has 12 heavy (non-hydrogen) atoms. The summed E-state index contributed by atoms with van der Waals surface area (Å²) < 4.78 is 5.25. The van der Waals surface area contributed by atoms with Crippen LogP contribution < -0.4 is 5.32 Å². The molecule has 3 heteroatoms. The maximum Gasteiger partial charge on any atom is 0.0584 e. The van der Waals surface area contributed by atoms with E-state index < -0.39 is 0 Å². The number of aliphatic hydroxyl groups excluding tert-OH is 1. The van der Waals surface area contributed by atoms with Gasteiger partial charge < -0.3 is 15.2 Å². The maximum atomic E-state index is 8.96. The summed E-state index contributed by atoms with van der Waals surface area (Å²) in [7, 11) is 0. The molecular weight excluding hydrogens is 154 g/mol. The van der Waals surface area contributed by atoms with Gasteiger partial charge in [0.1, 0.15) is 0 Å². The molecule has 0 saturated carbocycles. The average molecular weight is 173 g/mol. The SMILES string of the molecule is CCC(CO)NC1CCOCC1. The number of aliphatic hydroxyl groups is 1. The Hall–Kier alpha value is -0.120. The van der Waals surface area contributed by atoms with Gasteiger partial charge in [-0.25, -0.2) is 0 Å². The Labute approximate surface area is 74.1 Å². The van der Waals surface area contributed by atoms with Crippen LogP contribution in [-0.2, 0) is 4.74 Å². The molecule has 0 radical (unpaired) electrons. The Kier molecular flexibility index (Phi) is 4.58. The average Bonchev–Trinajstić information content (AvgIpc) is 2.16. The maximum absolute atomic E-state index is 8.96. The van der Waals surface area contributed by atoms with Gasteiger partial charge in [-0.05, 0) is 19.3 Å². The molecule has 0 aliphatic carbocycles. The van der Waals surface area contributed by atoms with E-state index >= 15 is 0 Å². The first-order valence-corrected chi connectivity index (χ1v) is 4.81. The molecule has 1 aliphatic heterocycles. The predicted octanol–water partition coefficient (Wildman–Crippen LogP) is 0.526. The first-order valence-electron chi connectivity index (χ1n) is 4.81. The molecule has 1 fully saturated rings. The smallest absolute Gasteiger partial charge is 0.0584 e. The standard InChI is InChI=1S/C9H19NO2/c1-2-8(7-11)10-9-3-5-12-6-4-9/h8-11H,2-7H2,1H3. The highest BCUT2D eigenvalue weighted by Gasteiger charge is 2.16. The monoisotopic (exact) mass is 173 g/mol. The molecule has 72 valence electrons. The molecule has 1 rings (SSSR count). The minimum atomic E-state index is 0.244. The first kappa shape index (κ1) is 9.96. The van der Waals surface area contributed by atoms with Crippen LogP contribution in [0.15, 0.2) is 0 Å². The van der Waals surface area contributed by atoms with Gasteiger partial charge in [-0.1, -0.05) is 6.92 Å². The van der Waals surface area contributed by atoms with Gasteiger partial charge >= 0.3 is 0 Å². The van der Waals surface area contributed by atoms with E-state index in [1.54, 1.807) is 0 Å². The zero-order valence-electron chi connectivity index (χ0n) is 7.75. The lowest BCUT2D eigenvalue weighted by molar-refractivity contribution is 0.0713. The normalized spacial score (nSPS) is 22.5. The summed E-state index contributed by atoms with van der Waals surface area (Å²) >= 11 is 0. The van der Waals surface area contributed by atoms with Crippen molar-refractivity contribution in [1.29, 1.82) is 0 Å². The lowest BCUT2D eigenvalue weighted by Gasteiger charge is -2.27. The van der Waals surface area contributed by atoms with Crippen molar-refractivity contribution in [2.45, 2.75) is 38.3 Å². The summed E-state index contributed by atoms with van der Waals surface area (Å²) in [5.74, 6) is 0. The molecule has 1 atom stereocenters. The Morgan fingerprint density at radius 1 is 1.50 bits per heavy atom. The van der Waals surface area contributed by atoms with Crippen molar-refractivity contribution in [2.24, 2.45) is 0 Å². The van der Waals surface area contributed by atoms with Crippen LogP contribution in [0.3, 0.4) is 0 Å². The fraction of sp³-hybridized carbons (Fsp3) is 1.00. The van der Waals surface area contributed by atoms with Crippen LogP contribution in [-0.4, -0.2) is 37.0 Å². The third-order valence-corrected chi connectivity index (χ3v) is 2.41. The van der Waals surface area contributed by atoms with E-state index in [0.29, 0.717) is 6.04 Å². The zero-order valence-corrected chi connectivity index (χ0v) is 7.75. The van der Waals surface area contributed by atoms with E-state index in [0.717, 1.165) is 32.5 Å². The minimum Gasteiger partial charge on any atom is -0.395 e. The Morgan fingerprint density at radius 2 is 2.17 bits per heavy atom. The third-order valence-electron chi connectivity index (χ3n) is 2.41. The zero-order chi connectivity index (χ0) is 8.81. The summed E-state index contributed by atoms with van der Waals surface area (Å²) in [6.07, 6.45) is 3.15. The van der Waals surface area contributed by atoms with Crippen LogP contribution in [0.2, 0.25) is 0 Å². The summed E-state index contributed by atoms with van der Waals surface area (Å²) in [5.41, 5.74) is 0. The van der Waals surface area contributed by atoms with Crippen LogP contribution in [0.5, 0.6) is 0 Å². The third kappa shape index (κ3) is 3.09. The van der Waals surface area contributed by atoms with Gasteiger partial charge in [0.25, 0.3) is 0 Å². The molecule has 1 heterocycles. The van der Waals surface area contributed by atoms with E-state index in [2.05, 4.69) is 12.2 Å². The Bertz CT molecular complexity index is 109. The van der Waals surface area contributed by atoms with Gasteiger partial charge in [-0.2, -0.15) is 0 Å². The molecule has 1 aliphatic rings.